The molecule has 1 aliphatic heterocycles. The third-order valence-electron chi connectivity index (χ3n) is 2.48. The number of amides is 1. The molecule has 1 aromatic heterocycles. The average molecular weight is 225 g/mol. The summed E-state index contributed by atoms with van der Waals surface area (Å²) in [4.78, 5) is 11.6. The minimum Gasteiger partial charge on any atom is -0.376 e. The molecular weight excluding hydrogens is 210 g/mol. The quantitative estimate of drug-likeness (QED) is 0.412. The molecular formula is C9H15N5O2. The third kappa shape index (κ3) is 2.50. The minimum atomic E-state index is -0.204. The van der Waals surface area contributed by atoms with Gasteiger partial charge in [-0.05, 0) is 12.8 Å². The van der Waals surface area contributed by atoms with E-state index in [1.54, 1.807) is 6.07 Å². The SMILES string of the molecule is NNc1cc(C(=O)NCC2CCCO2)[nH]n1. The molecule has 1 aliphatic rings. The van der Waals surface area contributed by atoms with Gasteiger partial charge in [0.05, 0.1) is 6.10 Å². The number of nitrogen functional groups attached to an aromatic ring is 1. The second-order valence-electron chi connectivity index (χ2n) is 3.66. The average Bonchev–Trinajstić information content (AvgIpc) is 2.96. The first-order chi connectivity index (χ1) is 7.79. The van der Waals surface area contributed by atoms with Crippen LogP contribution in [0.5, 0.6) is 0 Å². The van der Waals surface area contributed by atoms with E-state index < -0.39 is 0 Å². The molecule has 0 aliphatic carbocycles. The fraction of sp³-hybridized carbons (Fsp3) is 0.556. The second-order valence-corrected chi connectivity index (χ2v) is 3.66. The summed E-state index contributed by atoms with van der Waals surface area (Å²) in [6.45, 7) is 1.31. The van der Waals surface area contributed by atoms with Gasteiger partial charge < -0.3 is 15.5 Å². The predicted octanol–water partition coefficient (Wildman–Crippen LogP) is -0.396. The van der Waals surface area contributed by atoms with E-state index >= 15 is 0 Å². The molecule has 1 aromatic rings. The van der Waals surface area contributed by atoms with E-state index in [0.29, 0.717) is 18.1 Å². The van der Waals surface area contributed by atoms with Crippen molar-refractivity contribution in [2.24, 2.45) is 5.84 Å². The first-order valence-electron chi connectivity index (χ1n) is 5.21. The van der Waals surface area contributed by atoms with Crippen LogP contribution >= 0.6 is 0 Å². The zero-order chi connectivity index (χ0) is 11.4. The summed E-state index contributed by atoms with van der Waals surface area (Å²) in [7, 11) is 0. The summed E-state index contributed by atoms with van der Waals surface area (Å²) in [5.74, 6) is 5.38. The summed E-state index contributed by atoms with van der Waals surface area (Å²) >= 11 is 0. The van der Waals surface area contributed by atoms with Gasteiger partial charge in [0.1, 0.15) is 5.69 Å². The summed E-state index contributed by atoms with van der Waals surface area (Å²) in [5, 5.41) is 9.14. The molecule has 1 unspecified atom stereocenters. The Morgan fingerprint density at radius 2 is 2.62 bits per heavy atom. The highest BCUT2D eigenvalue weighted by atomic mass is 16.5. The molecule has 7 heteroatoms. The zero-order valence-electron chi connectivity index (χ0n) is 8.82. The topological polar surface area (TPSA) is 105 Å². The number of hydrogen-bond donors (Lipinski definition) is 4. The molecule has 1 amide bonds. The molecule has 1 atom stereocenters. The van der Waals surface area contributed by atoms with Gasteiger partial charge in [-0.3, -0.25) is 9.89 Å². The standard InChI is InChI=1S/C9H15N5O2/c10-12-8-4-7(13-14-8)9(15)11-5-6-2-1-3-16-6/h4,6H,1-3,5,10H2,(H,11,15)(H2,12,13,14). The van der Waals surface area contributed by atoms with Crippen LogP contribution < -0.4 is 16.6 Å². The van der Waals surface area contributed by atoms with Crippen molar-refractivity contribution < 1.29 is 9.53 Å². The molecule has 1 fully saturated rings. The van der Waals surface area contributed by atoms with Crippen molar-refractivity contribution in [3.63, 3.8) is 0 Å². The van der Waals surface area contributed by atoms with Crippen LogP contribution in [0.1, 0.15) is 23.3 Å². The normalized spacial score (nSPS) is 19.7. The first-order valence-corrected chi connectivity index (χ1v) is 5.21. The van der Waals surface area contributed by atoms with Crippen molar-refractivity contribution in [2.75, 3.05) is 18.6 Å². The Morgan fingerprint density at radius 3 is 3.25 bits per heavy atom. The Kier molecular flexibility index (Phi) is 3.37. The molecule has 0 aromatic carbocycles. The zero-order valence-corrected chi connectivity index (χ0v) is 8.82. The number of aromatic nitrogens is 2. The largest absolute Gasteiger partial charge is 0.376 e. The van der Waals surface area contributed by atoms with Gasteiger partial charge >= 0.3 is 0 Å². The van der Waals surface area contributed by atoms with Crippen LogP contribution in [0, 0.1) is 0 Å². The van der Waals surface area contributed by atoms with E-state index in [9.17, 15) is 4.79 Å². The predicted molar refractivity (Wildman–Crippen MR) is 57.7 cm³/mol. The summed E-state index contributed by atoms with van der Waals surface area (Å²) in [5.41, 5.74) is 2.73. The fourth-order valence-electron chi connectivity index (χ4n) is 1.62. The summed E-state index contributed by atoms with van der Waals surface area (Å²) < 4.78 is 5.39. The van der Waals surface area contributed by atoms with E-state index in [1.165, 1.54) is 0 Å². The number of carbonyl (C=O) groups is 1. The molecule has 1 saturated heterocycles. The van der Waals surface area contributed by atoms with Crippen LogP contribution in [0.25, 0.3) is 0 Å². The number of nitrogens with two attached hydrogens (primary N) is 1. The van der Waals surface area contributed by atoms with Crippen LogP contribution in [0.4, 0.5) is 5.82 Å². The van der Waals surface area contributed by atoms with E-state index in [4.69, 9.17) is 10.6 Å². The number of aromatic amines is 1. The molecule has 0 spiro atoms. The van der Waals surface area contributed by atoms with Gasteiger partial charge in [-0.15, -0.1) is 0 Å². The highest BCUT2D eigenvalue weighted by Gasteiger charge is 2.17. The van der Waals surface area contributed by atoms with E-state index in [-0.39, 0.29) is 12.0 Å². The number of anilines is 1. The van der Waals surface area contributed by atoms with Crippen molar-refractivity contribution in [2.45, 2.75) is 18.9 Å². The fourth-order valence-corrected chi connectivity index (χ4v) is 1.62. The van der Waals surface area contributed by atoms with Gasteiger partial charge in [0, 0.05) is 19.2 Å². The van der Waals surface area contributed by atoms with E-state index in [1.807, 2.05) is 0 Å². The maximum atomic E-state index is 11.6. The van der Waals surface area contributed by atoms with Crippen molar-refractivity contribution in [3.8, 4) is 0 Å². The number of hydrazine groups is 1. The Hall–Kier alpha value is -1.60. The van der Waals surface area contributed by atoms with Gasteiger partial charge in [0.2, 0.25) is 0 Å². The van der Waals surface area contributed by atoms with Crippen LogP contribution in [0.2, 0.25) is 0 Å². The van der Waals surface area contributed by atoms with E-state index in [2.05, 4.69) is 20.9 Å². The molecule has 5 N–H and O–H groups in total. The maximum absolute atomic E-state index is 11.6. The van der Waals surface area contributed by atoms with Gasteiger partial charge in [-0.25, -0.2) is 5.84 Å². The Morgan fingerprint density at radius 1 is 1.75 bits per heavy atom. The molecule has 0 saturated carbocycles. The summed E-state index contributed by atoms with van der Waals surface area (Å²) in [6, 6.07) is 1.55. The lowest BCUT2D eigenvalue weighted by Gasteiger charge is -2.09. The monoisotopic (exact) mass is 225 g/mol. The smallest absolute Gasteiger partial charge is 0.269 e. The van der Waals surface area contributed by atoms with Gasteiger partial charge in [-0.2, -0.15) is 5.10 Å². The molecule has 2 heterocycles. The third-order valence-corrected chi connectivity index (χ3v) is 2.48. The number of hydrogen-bond acceptors (Lipinski definition) is 5. The van der Waals surface area contributed by atoms with Crippen LogP contribution in [0.3, 0.4) is 0 Å². The van der Waals surface area contributed by atoms with Crippen molar-refractivity contribution in [1.29, 1.82) is 0 Å². The number of carbonyl (C=O) groups excluding carboxylic acids is 1. The molecule has 0 radical (unpaired) electrons. The number of rotatable bonds is 4. The van der Waals surface area contributed by atoms with E-state index in [0.717, 1.165) is 19.4 Å². The van der Waals surface area contributed by atoms with Gasteiger partial charge in [0.25, 0.3) is 5.91 Å². The lowest BCUT2D eigenvalue weighted by atomic mass is 10.2. The minimum absolute atomic E-state index is 0.138. The molecule has 7 nitrogen and oxygen atoms in total. The van der Waals surface area contributed by atoms with Crippen molar-refractivity contribution in [3.05, 3.63) is 11.8 Å². The highest BCUT2D eigenvalue weighted by Crippen LogP contribution is 2.11. The number of ether oxygens (including phenoxy) is 1. The Bertz CT molecular complexity index is 359. The Balaban J connectivity index is 1.82. The summed E-state index contributed by atoms with van der Waals surface area (Å²) in [6.07, 6.45) is 2.20. The highest BCUT2D eigenvalue weighted by molar-refractivity contribution is 5.92. The lowest BCUT2D eigenvalue weighted by molar-refractivity contribution is 0.0853. The van der Waals surface area contributed by atoms with Crippen molar-refractivity contribution in [1.82, 2.24) is 15.5 Å². The van der Waals surface area contributed by atoms with Crippen LogP contribution in [-0.2, 0) is 4.74 Å². The van der Waals surface area contributed by atoms with Crippen molar-refractivity contribution >= 4 is 11.7 Å². The van der Waals surface area contributed by atoms with Crippen LogP contribution in [0.15, 0.2) is 6.07 Å². The number of nitrogens with zero attached hydrogens (tertiary/aromatic N) is 1. The number of nitrogens with one attached hydrogen (secondary N) is 3. The van der Waals surface area contributed by atoms with Gasteiger partial charge in [0.15, 0.2) is 5.82 Å². The first kappa shape index (κ1) is 10.9. The Labute approximate surface area is 92.7 Å². The maximum Gasteiger partial charge on any atom is 0.269 e. The second kappa shape index (κ2) is 4.95. The molecule has 0 bridgehead atoms. The van der Waals surface area contributed by atoms with Gasteiger partial charge in [-0.1, -0.05) is 0 Å². The molecule has 88 valence electrons. The molecule has 2 rings (SSSR count). The number of H-pyrrole nitrogens is 1. The lowest BCUT2D eigenvalue weighted by Crippen LogP contribution is -2.31. The van der Waals surface area contributed by atoms with Crippen LogP contribution in [-0.4, -0.2) is 35.4 Å². The molecule has 16 heavy (non-hydrogen) atoms.